The highest BCUT2D eigenvalue weighted by atomic mass is 32.1. The van der Waals surface area contributed by atoms with E-state index in [9.17, 15) is 0 Å². The van der Waals surface area contributed by atoms with E-state index in [1.165, 1.54) is 24.1 Å². The molecule has 1 fully saturated rings. The van der Waals surface area contributed by atoms with Crippen molar-refractivity contribution in [3.05, 3.63) is 21.9 Å². The van der Waals surface area contributed by atoms with Gasteiger partial charge in [0.05, 0.1) is 0 Å². The molecule has 102 valence electrons. The Hall–Kier alpha value is -0.340. The fourth-order valence-electron chi connectivity index (χ4n) is 3.23. The lowest BCUT2D eigenvalue weighted by Gasteiger charge is -2.36. The highest BCUT2D eigenvalue weighted by molar-refractivity contribution is 7.12. The van der Waals surface area contributed by atoms with Crippen LogP contribution in [0.15, 0.2) is 12.1 Å². The number of aryl methyl sites for hydroxylation is 1. The Labute approximate surface area is 116 Å². The molecule has 1 aromatic heterocycles. The van der Waals surface area contributed by atoms with Crippen LogP contribution in [-0.4, -0.2) is 6.54 Å². The molecular weight excluding hydrogens is 238 g/mol. The summed E-state index contributed by atoms with van der Waals surface area (Å²) >= 11 is 1.97. The number of nitrogens with one attached hydrogen (secondary N) is 1. The van der Waals surface area contributed by atoms with E-state index in [4.69, 9.17) is 0 Å². The molecule has 2 heteroatoms. The first-order chi connectivity index (χ1) is 8.61. The van der Waals surface area contributed by atoms with Crippen LogP contribution in [0.2, 0.25) is 0 Å². The molecule has 0 amide bonds. The van der Waals surface area contributed by atoms with Crippen LogP contribution >= 0.6 is 11.3 Å². The van der Waals surface area contributed by atoms with Gasteiger partial charge in [0, 0.05) is 15.8 Å². The van der Waals surface area contributed by atoms with E-state index < -0.39 is 0 Å². The van der Waals surface area contributed by atoms with Crippen LogP contribution in [0.4, 0.5) is 0 Å². The Bertz CT molecular complexity index is 371. The maximum Gasteiger partial charge on any atom is 0.0443 e. The summed E-state index contributed by atoms with van der Waals surface area (Å²) in [5, 5.41) is 3.73. The summed E-state index contributed by atoms with van der Waals surface area (Å²) in [6, 6.07) is 5.18. The Morgan fingerprint density at radius 2 is 2.06 bits per heavy atom. The molecule has 0 aromatic carbocycles. The van der Waals surface area contributed by atoms with Crippen molar-refractivity contribution in [1.82, 2.24) is 5.32 Å². The van der Waals surface area contributed by atoms with E-state index >= 15 is 0 Å². The summed E-state index contributed by atoms with van der Waals surface area (Å²) in [6.45, 7) is 10.4. The fraction of sp³-hybridized carbons (Fsp3) is 0.750. The van der Waals surface area contributed by atoms with Crippen molar-refractivity contribution in [2.75, 3.05) is 6.54 Å². The molecule has 2 rings (SSSR count). The van der Waals surface area contributed by atoms with Crippen molar-refractivity contribution in [2.45, 2.75) is 53.0 Å². The van der Waals surface area contributed by atoms with Gasteiger partial charge in [-0.15, -0.1) is 11.3 Å². The van der Waals surface area contributed by atoms with Crippen molar-refractivity contribution in [2.24, 2.45) is 17.8 Å². The minimum Gasteiger partial charge on any atom is -0.309 e. The molecule has 1 heterocycles. The molecular formula is C16H27NS. The Morgan fingerprint density at radius 3 is 2.61 bits per heavy atom. The summed E-state index contributed by atoms with van der Waals surface area (Å²) < 4.78 is 0. The number of rotatable bonds is 4. The van der Waals surface area contributed by atoms with E-state index in [1.54, 1.807) is 4.88 Å². The van der Waals surface area contributed by atoms with Crippen molar-refractivity contribution >= 4 is 11.3 Å². The zero-order valence-electron chi connectivity index (χ0n) is 12.2. The third-order valence-electron chi connectivity index (χ3n) is 4.60. The molecule has 0 radical (unpaired) electrons. The first-order valence-corrected chi connectivity index (χ1v) is 8.23. The standard InChI is InChI=1S/C16H27NS/c1-5-17-16(15-9-7-13(4)18-15)14-8-6-11(2)12(3)10-14/h7,9,11-12,14,16-17H,5-6,8,10H2,1-4H3. The monoisotopic (exact) mass is 265 g/mol. The van der Waals surface area contributed by atoms with Gasteiger partial charge in [-0.25, -0.2) is 0 Å². The molecule has 0 aliphatic heterocycles. The van der Waals surface area contributed by atoms with Crippen LogP contribution < -0.4 is 5.32 Å². The molecule has 1 nitrogen and oxygen atoms in total. The fourth-order valence-corrected chi connectivity index (χ4v) is 4.28. The molecule has 1 saturated carbocycles. The van der Waals surface area contributed by atoms with Crippen molar-refractivity contribution in [3.63, 3.8) is 0 Å². The average molecular weight is 265 g/mol. The summed E-state index contributed by atoms with van der Waals surface area (Å²) in [6.07, 6.45) is 4.17. The predicted octanol–water partition coefficient (Wildman–Crippen LogP) is 4.78. The van der Waals surface area contributed by atoms with Gasteiger partial charge >= 0.3 is 0 Å². The second kappa shape index (κ2) is 6.21. The number of thiophene rings is 1. The minimum atomic E-state index is 0.587. The Balaban J connectivity index is 2.10. The van der Waals surface area contributed by atoms with Gasteiger partial charge in [-0.1, -0.05) is 27.2 Å². The molecule has 1 aliphatic carbocycles. The molecule has 0 bridgehead atoms. The molecule has 4 unspecified atom stereocenters. The lowest BCUT2D eigenvalue weighted by Crippen LogP contribution is -2.32. The lowest BCUT2D eigenvalue weighted by molar-refractivity contribution is 0.173. The van der Waals surface area contributed by atoms with Crippen molar-refractivity contribution in [3.8, 4) is 0 Å². The van der Waals surface area contributed by atoms with Gasteiger partial charge in [-0.3, -0.25) is 0 Å². The first kappa shape index (κ1) is 14.1. The normalized spacial score (nSPS) is 30.3. The number of hydrogen-bond acceptors (Lipinski definition) is 2. The SMILES string of the molecule is CCNC(c1ccc(C)s1)C1CCC(C)C(C)C1. The second-order valence-electron chi connectivity index (χ2n) is 6.01. The topological polar surface area (TPSA) is 12.0 Å². The molecule has 1 aromatic rings. The average Bonchev–Trinajstić information content (AvgIpc) is 2.76. The van der Waals surface area contributed by atoms with Crippen LogP contribution in [-0.2, 0) is 0 Å². The van der Waals surface area contributed by atoms with Gasteiger partial charge in [0.2, 0.25) is 0 Å². The quantitative estimate of drug-likeness (QED) is 0.826. The van der Waals surface area contributed by atoms with Crippen molar-refractivity contribution in [1.29, 1.82) is 0 Å². The zero-order chi connectivity index (χ0) is 13.1. The first-order valence-electron chi connectivity index (χ1n) is 7.41. The molecule has 4 atom stereocenters. The van der Waals surface area contributed by atoms with E-state index in [1.807, 2.05) is 11.3 Å². The third-order valence-corrected chi connectivity index (χ3v) is 5.69. The maximum atomic E-state index is 3.73. The van der Waals surface area contributed by atoms with Gasteiger partial charge < -0.3 is 5.32 Å². The molecule has 1 N–H and O–H groups in total. The highest BCUT2D eigenvalue weighted by Gasteiger charge is 2.31. The molecule has 0 spiro atoms. The Kier molecular flexibility index (Phi) is 4.85. The predicted molar refractivity (Wildman–Crippen MR) is 81.1 cm³/mol. The maximum absolute atomic E-state index is 3.73. The van der Waals surface area contributed by atoms with E-state index in [0.717, 1.165) is 24.3 Å². The minimum absolute atomic E-state index is 0.587. The van der Waals surface area contributed by atoms with Gasteiger partial charge in [-0.2, -0.15) is 0 Å². The van der Waals surface area contributed by atoms with Gasteiger partial charge in [0.1, 0.15) is 0 Å². The van der Waals surface area contributed by atoms with Gasteiger partial charge in [-0.05, 0) is 56.2 Å². The van der Waals surface area contributed by atoms with E-state index in [-0.39, 0.29) is 0 Å². The van der Waals surface area contributed by atoms with Crippen LogP contribution in [0, 0.1) is 24.7 Å². The molecule has 18 heavy (non-hydrogen) atoms. The molecule has 0 saturated heterocycles. The van der Waals surface area contributed by atoms with E-state index in [0.29, 0.717) is 6.04 Å². The van der Waals surface area contributed by atoms with Crippen LogP contribution in [0.5, 0.6) is 0 Å². The molecule has 1 aliphatic rings. The summed E-state index contributed by atoms with van der Waals surface area (Å²) in [5.41, 5.74) is 0. The van der Waals surface area contributed by atoms with Crippen LogP contribution in [0.25, 0.3) is 0 Å². The summed E-state index contributed by atoms with van der Waals surface area (Å²) in [5.74, 6) is 2.62. The van der Waals surface area contributed by atoms with Gasteiger partial charge in [0.25, 0.3) is 0 Å². The highest BCUT2D eigenvalue weighted by Crippen LogP contribution is 2.41. The van der Waals surface area contributed by atoms with Crippen molar-refractivity contribution < 1.29 is 0 Å². The van der Waals surface area contributed by atoms with Crippen LogP contribution in [0.1, 0.15) is 55.8 Å². The summed E-state index contributed by atoms with van der Waals surface area (Å²) in [7, 11) is 0. The van der Waals surface area contributed by atoms with Crippen LogP contribution in [0.3, 0.4) is 0 Å². The largest absolute Gasteiger partial charge is 0.309 e. The smallest absolute Gasteiger partial charge is 0.0443 e. The Morgan fingerprint density at radius 1 is 1.28 bits per heavy atom. The number of hydrogen-bond donors (Lipinski definition) is 1. The second-order valence-corrected chi connectivity index (χ2v) is 7.33. The lowest BCUT2D eigenvalue weighted by atomic mass is 9.73. The summed E-state index contributed by atoms with van der Waals surface area (Å²) in [4.78, 5) is 2.98. The van der Waals surface area contributed by atoms with E-state index in [2.05, 4.69) is 45.1 Å². The zero-order valence-corrected chi connectivity index (χ0v) is 13.0. The third kappa shape index (κ3) is 3.16. The van der Waals surface area contributed by atoms with Gasteiger partial charge in [0.15, 0.2) is 0 Å².